The lowest BCUT2D eigenvalue weighted by atomic mass is 10.3. The highest BCUT2D eigenvalue weighted by molar-refractivity contribution is 5.81. The Morgan fingerprint density at radius 2 is 2.33 bits per heavy atom. The van der Waals surface area contributed by atoms with E-state index in [1.807, 2.05) is 0 Å². The number of rotatable bonds is 8. The first-order valence-corrected chi connectivity index (χ1v) is 5.92. The molecule has 18 heavy (non-hydrogen) atoms. The Bertz CT molecular complexity index is 367. The maximum absolute atomic E-state index is 11.7. The monoisotopic (exact) mass is 256 g/mol. The topological polar surface area (TPSA) is 89.3 Å². The van der Waals surface area contributed by atoms with Gasteiger partial charge in [-0.3, -0.25) is 10.1 Å². The van der Waals surface area contributed by atoms with Crippen molar-refractivity contribution in [3.05, 3.63) is 11.7 Å². The molecule has 7 nitrogen and oxygen atoms in total. The molecule has 0 aliphatic rings. The van der Waals surface area contributed by atoms with Crippen LogP contribution in [-0.4, -0.2) is 42.4 Å². The fraction of sp³-hybridized carbons (Fsp3) is 0.727. The number of carbonyl (C=O) groups excluding carboxylic acids is 1. The van der Waals surface area contributed by atoms with Gasteiger partial charge in [-0.2, -0.15) is 4.98 Å². The van der Waals surface area contributed by atoms with Crippen molar-refractivity contribution in [2.75, 3.05) is 20.3 Å². The smallest absolute Gasteiger partial charge is 0.240 e. The minimum absolute atomic E-state index is 0.0534. The minimum Gasteiger partial charge on any atom is -0.385 e. The Morgan fingerprint density at radius 3 is 2.94 bits per heavy atom. The number of aromatic nitrogens is 2. The summed E-state index contributed by atoms with van der Waals surface area (Å²) in [7, 11) is 1.64. The van der Waals surface area contributed by atoms with Crippen LogP contribution in [0.5, 0.6) is 0 Å². The molecule has 2 N–H and O–H groups in total. The van der Waals surface area contributed by atoms with Crippen molar-refractivity contribution < 1.29 is 14.1 Å². The van der Waals surface area contributed by atoms with Crippen LogP contribution in [0.15, 0.2) is 4.52 Å². The Hall–Kier alpha value is -1.47. The average Bonchev–Trinajstić information content (AvgIpc) is 2.77. The van der Waals surface area contributed by atoms with Crippen LogP contribution in [0.1, 0.15) is 25.1 Å². The highest BCUT2D eigenvalue weighted by Crippen LogP contribution is 1.95. The predicted octanol–water partition coefficient (Wildman–Crippen LogP) is 0.00882. The molecule has 1 atom stereocenters. The summed E-state index contributed by atoms with van der Waals surface area (Å²) in [6, 6.07) is -0.306. The van der Waals surface area contributed by atoms with Gasteiger partial charge in [0, 0.05) is 20.3 Å². The van der Waals surface area contributed by atoms with Crippen LogP contribution in [0.3, 0.4) is 0 Å². The van der Waals surface area contributed by atoms with Crippen molar-refractivity contribution in [3.8, 4) is 0 Å². The number of nitrogens with zero attached hydrogens (tertiary/aromatic N) is 2. The van der Waals surface area contributed by atoms with Crippen LogP contribution >= 0.6 is 0 Å². The van der Waals surface area contributed by atoms with Gasteiger partial charge in [0.15, 0.2) is 5.82 Å². The number of carbonyl (C=O) groups is 1. The Balaban J connectivity index is 2.19. The molecule has 0 spiro atoms. The van der Waals surface area contributed by atoms with E-state index in [0.717, 1.165) is 6.42 Å². The number of amides is 1. The van der Waals surface area contributed by atoms with Gasteiger partial charge in [0.2, 0.25) is 11.8 Å². The summed E-state index contributed by atoms with van der Waals surface area (Å²) < 4.78 is 9.83. The second-order valence-corrected chi connectivity index (χ2v) is 3.98. The molecule has 1 heterocycles. The lowest BCUT2D eigenvalue weighted by molar-refractivity contribution is -0.122. The first-order chi connectivity index (χ1) is 8.63. The number of hydrogen-bond acceptors (Lipinski definition) is 6. The molecule has 1 aromatic rings. The van der Waals surface area contributed by atoms with Crippen molar-refractivity contribution in [1.29, 1.82) is 0 Å². The maximum atomic E-state index is 11.7. The molecule has 102 valence electrons. The predicted molar refractivity (Wildman–Crippen MR) is 64.8 cm³/mol. The van der Waals surface area contributed by atoms with E-state index in [1.165, 1.54) is 0 Å². The molecule has 0 bridgehead atoms. The highest BCUT2D eigenvalue weighted by atomic mass is 16.5. The standard InChI is InChI=1S/C11H20N4O3/c1-8(11(16)12-5-4-6-17-3)13-7-10-14-9(2)15-18-10/h8,13H,4-7H2,1-3H3,(H,12,16). The third-order valence-corrected chi connectivity index (χ3v) is 2.35. The van der Waals surface area contributed by atoms with Gasteiger partial charge in [-0.1, -0.05) is 5.16 Å². The molecule has 1 aromatic heterocycles. The van der Waals surface area contributed by atoms with Gasteiger partial charge in [0.1, 0.15) is 0 Å². The normalized spacial score (nSPS) is 12.4. The van der Waals surface area contributed by atoms with Crippen LogP contribution in [0.4, 0.5) is 0 Å². The molecule has 0 saturated carbocycles. The Kier molecular flexibility index (Phi) is 6.31. The Morgan fingerprint density at radius 1 is 1.56 bits per heavy atom. The molecule has 0 fully saturated rings. The molecular formula is C11H20N4O3. The van der Waals surface area contributed by atoms with E-state index in [-0.39, 0.29) is 11.9 Å². The summed E-state index contributed by atoms with van der Waals surface area (Å²) in [6.07, 6.45) is 0.803. The number of nitrogens with one attached hydrogen (secondary N) is 2. The van der Waals surface area contributed by atoms with Gasteiger partial charge >= 0.3 is 0 Å². The molecule has 1 unspecified atom stereocenters. The molecule has 7 heteroatoms. The van der Waals surface area contributed by atoms with Crippen LogP contribution in [0.2, 0.25) is 0 Å². The van der Waals surface area contributed by atoms with E-state index in [2.05, 4.69) is 20.8 Å². The van der Waals surface area contributed by atoms with Gasteiger partial charge in [-0.05, 0) is 20.3 Å². The van der Waals surface area contributed by atoms with E-state index in [0.29, 0.717) is 31.4 Å². The summed E-state index contributed by atoms with van der Waals surface area (Å²) in [4.78, 5) is 15.7. The number of ether oxygens (including phenoxy) is 1. The van der Waals surface area contributed by atoms with Crippen molar-refractivity contribution in [1.82, 2.24) is 20.8 Å². The average molecular weight is 256 g/mol. The zero-order chi connectivity index (χ0) is 13.4. The largest absolute Gasteiger partial charge is 0.385 e. The van der Waals surface area contributed by atoms with Gasteiger partial charge in [0.05, 0.1) is 12.6 Å². The third-order valence-electron chi connectivity index (χ3n) is 2.35. The quantitative estimate of drug-likeness (QED) is 0.637. The first kappa shape index (κ1) is 14.6. The van der Waals surface area contributed by atoms with Crippen molar-refractivity contribution >= 4 is 5.91 Å². The van der Waals surface area contributed by atoms with Crippen molar-refractivity contribution in [3.63, 3.8) is 0 Å². The number of methoxy groups -OCH3 is 1. The zero-order valence-corrected chi connectivity index (χ0v) is 11.0. The van der Waals surface area contributed by atoms with Crippen molar-refractivity contribution in [2.45, 2.75) is 32.9 Å². The summed E-state index contributed by atoms with van der Waals surface area (Å²) in [6.45, 7) is 5.17. The van der Waals surface area contributed by atoms with Crippen LogP contribution in [0, 0.1) is 6.92 Å². The van der Waals surface area contributed by atoms with Gasteiger partial charge < -0.3 is 14.6 Å². The molecule has 0 aromatic carbocycles. The molecule has 0 radical (unpaired) electrons. The fourth-order valence-electron chi connectivity index (χ4n) is 1.33. The molecule has 1 amide bonds. The second-order valence-electron chi connectivity index (χ2n) is 3.98. The SMILES string of the molecule is COCCCNC(=O)C(C)NCc1nc(C)no1. The molecular weight excluding hydrogens is 236 g/mol. The van der Waals surface area contributed by atoms with Gasteiger partial charge in [-0.25, -0.2) is 0 Å². The maximum Gasteiger partial charge on any atom is 0.240 e. The molecule has 0 saturated heterocycles. The van der Waals surface area contributed by atoms with E-state index in [1.54, 1.807) is 21.0 Å². The number of hydrogen-bond donors (Lipinski definition) is 2. The van der Waals surface area contributed by atoms with Crippen LogP contribution in [-0.2, 0) is 16.1 Å². The lowest BCUT2D eigenvalue weighted by Crippen LogP contribution is -2.42. The van der Waals surface area contributed by atoms with Gasteiger partial charge in [0.25, 0.3) is 0 Å². The zero-order valence-electron chi connectivity index (χ0n) is 11.0. The first-order valence-electron chi connectivity index (χ1n) is 5.92. The number of aryl methyl sites for hydroxylation is 1. The van der Waals surface area contributed by atoms with Crippen LogP contribution in [0.25, 0.3) is 0 Å². The third kappa shape index (κ3) is 5.24. The van der Waals surface area contributed by atoms with Gasteiger partial charge in [-0.15, -0.1) is 0 Å². The van der Waals surface area contributed by atoms with E-state index in [9.17, 15) is 4.79 Å². The highest BCUT2D eigenvalue weighted by Gasteiger charge is 2.12. The van der Waals surface area contributed by atoms with E-state index < -0.39 is 0 Å². The Labute approximate surface area is 106 Å². The lowest BCUT2D eigenvalue weighted by Gasteiger charge is -2.12. The van der Waals surface area contributed by atoms with Crippen molar-refractivity contribution in [2.24, 2.45) is 0 Å². The summed E-state index contributed by atoms with van der Waals surface area (Å²) in [5.74, 6) is 1.01. The molecule has 0 aliphatic heterocycles. The minimum atomic E-state index is -0.306. The van der Waals surface area contributed by atoms with Crippen LogP contribution < -0.4 is 10.6 Å². The summed E-state index contributed by atoms with van der Waals surface area (Å²) >= 11 is 0. The molecule has 0 aliphatic carbocycles. The molecule has 1 rings (SSSR count). The summed E-state index contributed by atoms with van der Waals surface area (Å²) in [5.41, 5.74) is 0. The second kappa shape index (κ2) is 7.78. The van der Waals surface area contributed by atoms with E-state index in [4.69, 9.17) is 9.26 Å². The van der Waals surface area contributed by atoms with E-state index >= 15 is 0 Å². The fourth-order valence-corrected chi connectivity index (χ4v) is 1.33. The summed E-state index contributed by atoms with van der Waals surface area (Å²) in [5, 5.41) is 9.49.